The van der Waals surface area contributed by atoms with Crippen molar-refractivity contribution in [3.8, 4) is 5.75 Å². The Labute approximate surface area is 296 Å². The molecule has 0 spiro atoms. The molecule has 1 N–H and O–H groups in total. The number of phenolic OH excluding ortho intramolecular Hbond substituents is 1. The molecule has 3 amide bonds. The average Bonchev–Trinajstić information content (AvgIpc) is 3.05. The van der Waals surface area contributed by atoms with Crippen LogP contribution in [0.5, 0.6) is 5.75 Å². The van der Waals surface area contributed by atoms with Gasteiger partial charge in [-0.3, -0.25) is 19.4 Å². The van der Waals surface area contributed by atoms with Crippen molar-refractivity contribution in [2.75, 3.05) is 40.8 Å². The van der Waals surface area contributed by atoms with E-state index in [9.17, 15) is 19.5 Å². The molecule has 0 fully saturated rings. The number of hydrogen-bond donors (Lipinski definition) is 1. The lowest BCUT2D eigenvalue weighted by atomic mass is 9.86. The zero-order valence-electron chi connectivity index (χ0n) is 32.9. The zero-order valence-corrected chi connectivity index (χ0v) is 32.9. The van der Waals surface area contributed by atoms with Gasteiger partial charge in [0.05, 0.1) is 0 Å². The molecule has 0 aliphatic rings. The van der Waals surface area contributed by atoms with Crippen molar-refractivity contribution in [3.05, 3.63) is 94.3 Å². The number of aromatic nitrogens is 1. The second-order valence-corrected chi connectivity index (χ2v) is 15.4. The van der Waals surface area contributed by atoms with Crippen molar-refractivity contribution in [1.82, 2.24) is 19.7 Å². The lowest BCUT2D eigenvalue weighted by Gasteiger charge is -2.21. The van der Waals surface area contributed by atoms with Gasteiger partial charge in [-0.25, -0.2) is 0 Å². The normalized spacial score (nSPS) is 11.3. The van der Waals surface area contributed by atoms with Gasteiger partial charge in [-0.15, -0.1) is 0 Å². The summed E-state index contributed by atoms with van der Waals surface area (Å²) in [7, 11) is 5.35. The molecule has 0 saturated carbocycles. The highest BCUT2D eigenvalue weighted by molar-refractivity contribution is 5.95. The fourth-order valence-electron chi connectivity index (χ4n) is 4.44. The SMILES string of the molecule is CCN(C)C(=O)c1ccc(C(C)(C)C)c(O)c1.CCN(C)C(=O)c1ccc(C(C)(C)C)cc1.CCN(C)C(=O)c1ccc(C(C)(C)C)cn1. The number of carbonyl (C=O) groups is 3. The minimum Gasteiger partial charge on any atom is -0.508 e. The zero-order chi connectivity index (χ0) is 37.9. The van der Waals surface area contributed by atoms with Crippen molar-refractivity contribution in [3.63, 3.8) is 0 Å². The van der Waals surface area contributed by atoms with E-state index in [-0.39, 0.29) is 39.7 Å². The minimum absolute atomic E-state index is 0.0250. The summed E-state index contributed by atoms with van der Waals surface area (Å²) in [6.45, 7) is 26.9. The molecule has 0 unspecified atom stereocenters. The first-order valence-electron chi connectivity index (χ1n) is 17.2. The van der Waals surface area contributed by atoms with E-state index in [2.05, 4.69) is 46.5 Å². The molecule has 8 heteroatoms. The van der Waals surface area contributed by atoms with Crippen molar-refractivity contribution >= 4 is 17.7 Å². The molecule has 2 aromatic carbocycles. The molecule has 0 saturated heterocycles. The molecule has 49 heavy (non-hydrogen) atoms. The molecular weight excluding hydrogens is 612 g/mol. The lowest BCUT2D eigenvalue weighted by Crippen LogP contribution is -2.27. The highest BCUT2D eigenvalue weighted by Gasteiger charge is 2.20. The minimum atomic E-state index is -0.123. The van der Waals surface area contributed by atoms with Gasteiger partial charge in [-0.05, 0) is 84.0 Å². The molecule has 270 valence electrons. The van der Waals surface area contributed by atoms with Crippen molar-refractivity contribution in [2.45, 2.75) is 99.3 Å². The van der Waals surface area contributed by atoms with E-state index in [0.29, 0.717) is 24.3 Å². The molecular formula is C41H62N4O4. The van der Waals surface area contributed by atoms with Crippen LogP contribution in [0.3, 0.4) is 0 Å². The number of aromatic hydroxyl groups is 1. The summed E-state index contributed by atoms with van der Waals surface area (Å²) < 4.78 is 0. The number of rotatable bonds is 6. The van der Waals surface area contributed by atoms with Crippen LogP contribution in [-0.4, -0.2) is 83.3 Å². The molecule has 3 aromatic rings. The summed E-state index contributed by atoms with van der Waals surface area (Å²) in [5, 5.41) is 9.96. The maximum absolute atomic E-state index is 11.9. The van der Waals surface area contributed by atoms with Crippen molar-refractivity contribution < 1.29 is 19.5 Å². The first kappa shape index (κ1) is 42.8. The van der Waals surface area contributed by atoms with Gasteiger partial charge >= 0.3 is 0 Å². The Morgan fingerprint density at radius 3 is 1.35 bits per heavy atom. The first-order chi connectivity index (χ1) is 22.5. The van der Waals surface area contributed by atoms with Crippen molar-refractivity contribution in [1.29, 1.82) is 0 Å². The number of phenols is 1. The third-order valence-electron chi connectivity index (χ3n) is 8.36. The molecule has 0 radical (unpaired) electrons. The molecule has 0 aliphatic heterocycles. The first-order valence-corrected chi connectivity index (χ1v) is 17.2. The Kier molecular flexibility index (Phi) is 15.7. The molecule has 0 aliphatic carbocycles. The highest BCUT2D eigenvalue weighted by Crippen LogP contribution is 2.31. The fraction of sp³-hybridized carbons (Fsp3) is 0.512. The van der Waals surface area contributed by atoms with Gasteiger partial charge in [0, 0.05) is 58.1 Å². The summed E-state index contributed by atoms with van der Waals surface area (Å²) in [6.07, 6.45) is 1.79. The van der Waals surface area contributed by atoms with E-state index < -0.39 is 0 Å². The molecule has 8 nitrogen and oxygen atoms in total. The van der Waals surface area contributed by atoms with Crippen molar-refractivity contribution in [2.24, 2.45) is 0 Å². The Bertz CT molecular complexity index is 1430. The smallest absolute Gasteiger partial charge is 0.272 e. The van der Waals surface area contributed by atoms with Crippen LogP contribution in [0, 0.1) is 0 Å². The van der Waals surface area contributed by atoms with Crippen LogP contribution in [0.1, 0.15) is 131 Å². The highest BCUT2D eigenvalue weighted by atomic mass is 16.3. The molecule has 0 atom stereocenters. The standard InChI is InChI=1S/C14H21NO2.C14H21NO.C13H20N2O/c1-6-15(5)13(17)10-7-8-11(12(16)9-10)14(2,3)4;1-6-15(5)13(16)11-7-9-12(10-8-11)14(2,3)4;1-6-15(5)12(16)11-8-7-10(9-14-11)13(2,3)4/h7-9,16H,6H2,1-5H3;7-10H,6H2,1-5H3;7-9H,6H2,1-5H3. The topological polar surface area (TPSA) is 94.0 Å². The van der Waals surface area contributed by atoms with Gasteiger partial charge in [0.2, 0.25) is 0 Å². The number of carbonyl (C=O) groups excluding carboxylic acids is 3. The van der Waals surface area contributed by atoms with E-state index >= 15 is 0 Å². The van der Waals surface area contributed by atoms with E-state index in [4.69, 9.17) is 0 Å². The largest absolute Gasteiger partial charge is 0.508 e. The van der Waals surface area contributed by atoms with E-state index in [1.165, 1.54) is 5.56 Å². The van der Waals surface area contributed by atoms with Gasteiger partial charge in [-0.1, -0.05) is 86.6 Å². The van der Waals surface area contributed by atoms with Crippen LogP contribution in [-0.2, 0) is 16.2 Å². The maximum atomic E-state index is 11.9. The number of nitrogens with zero attached hydrogens (tertiary/aromatic N) is 4. The summed E-state index contributed by atoms with van der Waals surface area (Å²) >= 11 is 0. The molecule has 0 bridgehead atoms. The second-order valence-electron chi connectivity index (χ2n) is 15.4. The van der Waals surface area contributed by atoms with Crippen LogP contribution in [0.4, 0.5) is 0 Å². The van der Waals surface area contributed by atoms with E-state index in [1.807, 2.05) is 85.0 Å². The van der Waals surface area contributed by atoms with Gasteiger partial charge in [0.25, 0.3) is 17.7 Å². The molecule has 1 aromatic heterocycles. The summed E-state index contributed by atoms with van der Waals surface area (Å²) in [5.41, 5.74) is 5.14. The predicted molar refractivity (Wildman–Crippen MR) is 203 cm³/mol. The van der Waals surface area contributed by atoms with E-state index in [1.54, 1.807) is 53.2 Å². The summed E-state index contributed by atoms with van der Waals surface area (Å²) in [4.78, 5) is 44.8. The molecule has 3 rings (SSSR count). The van der Waals surface area contributed by atoms with Gasteiger partial charge in [-0.2, -0.15) is 0 Å². The van der Waals surface area contributed by atoms with E-state index in [0.717, 1.165) is 23.2 Å². The monoisotopic (exact) mass is 674 g/mol. The quantitative estimate of drug-likeness (QED) is 0.284. The Morgan fingerprint density at radius 2 is 0.980 bits per heavy atom. The Balaban J connectivity index is 0.000000368. The summed E-state index contributed by atoms with van der Waals surface area (Å²) in [5.74, 6) is 0.182. The third-order valence-corrected chi connectivity index (χ3v) is 8.36. The number of amides is 3. The average molecular weight is 675 g/mol. The lowest BCUT2D eigenvalue weighted by molar-refractivity contribution is 0.0791. The number of benzene rings is 2. The second kappa shape index (κ2) is 18.0. The number of pyridine rings is 1. The third kappa shape index (κ3) is 13.0. The van der Waals surface area contributed by atoms with Gasteiger partial charge in [0.15, 0.2) is 0 Å². The Morgan fingerprint density at radius 1 is 0.571 bits per heavy atom. The van der Waals surface area contributed by atoms with Crippen LogP contribution in [0.2, 0.25) is 0 Å². The van der Waals surface area contributed by atoms with Crippen LogP contribution in [0.15, 0.2) is 60.8 Å². The maximum Gasteiger partial charge on any atom is 0.272 e. The number of hydrogen-bond acceptors (Lipinski definition) is 5. The van der Waals surface area contributed by atoms with Gasteiger partial charge in [0.1, 0.15) is 11.4 Å². The summed E-state index contributed by atoms with van der Waals surface area (Å²) in [6, 6.07) is 16.8. The van der Waals surface area contributed by atoms with Crippen LogP contribution in [0.25, 0.3) is 0 Å². The molecule has 1 heterocycles. The van der Waals surface area contributed by atoms with Crippen LogP contribution >= 0.6 is 0 Å². The van der Waals surface area contributed by atoms with Crippen LogP contribution < -0.4 is 0 Å². The fourth-order valence-corrected chi connectivity index (χ4v) is 4.44. The Hall–Kier alpha value is -4.20. The van der Waals surface area contributed by atoms with Gasteiger partial charge < -0.3 is 19.8 Å². The predicted octanol–water partition coefficient (Wildman–Crippen LogP) is 8.33.